The summed E-state index contributed by atoms with van der Waals surface area (Å²) >= 11 is -11.6. The van der Waals surface area contributed by atoms with Crippen molar-refractivity contribution in [2.24, 2.45) is 0 Å². The van der Waals surface area contributed by atoms with Gasteiger partial charge in [0.1, 0.15) is 0 Å². The average molecular weight is 916 g/mol. The van der Waals surface area contributed by atoms with E-state index >= 15 is 0 Å². The third-order valence-electron chi connectivity index (χ3n) is 1.69. The average Bonchev–Trinajstić information content (AvgIpc) is 2.09. The zero-order chi connectivity index (χ0) is 16.8. The first-order chi connectivity index (χ1) is 8.41. The molecule has 0 bridgehead atoms. The van der Waals surface area contributed by atoms with Crippen LogP contribution in [0.3, 0.4) is 0 Å². The first-order valence-corrected chi connectivity index (χ1v) is 55.2. The molecule has 0 heterocycles. The molecule has 0 aromatic rings. The van der Waals surface area contributed by atoms with Gasteiger partial charge in [0.05, 0.1) is 0 Å². The van der Waals surface area contributed by atoms with Crippen LogP contribution in [0.5, 0.6) is 0 Å². The summed E-state index contributed by atoms with van der Waals surface area (Å²) in [4.78, 5) is 3.92. The number of rotatable bonds is 6. The van der Waals surface area contributed by atoms with Crippen molar-refractivity contribution in [1.29, 1.82) is 0 Å². The van der Waals surface area contributed by atoms with E-state index in [1.807, 2.05) is 9.88 Å². The van der Waals surface area contributed by atoms with E-state index in [2.05, 4.69) is 0 Å². The van der Waals surface area contributed by atoms with Gasteiger partial charge in [0.2, 0.25) is 0 Å². The van der Waals surface area contributed by atoms with Crippen LogP contribution in [0.15, 0.2) is 0 Å². The first kappa shape index (κ1) is 28.3. The molecule has 0 aliphatic rings. The Balaban J connectivity index is 0. The van der Waals surface area contributed by atoms with Crippen molar-refractivity contribution in [3.05, 3.63) is 0 Å². The molecule has 0 saturated heterocycles. The number of hydrogen-bond donors (Lipinski definition) is 0. The minimum atomic E-state index is -3.20. The van der Waals surface area contributed by atoms with Crippen LogP contribution in [0.25, 0.3) is 0 Å². The van der Waals surface area contributed by atoms with Gasteiger partial charge < -0.3 is 0 Å². The first-order valence-electron chi connectivity index (χ1n) is 5.30. The monoisotopic (exact) mass is 915 g/mol. The van der Waals surface area contributed by atoms with Crippen molar-refractivity contribution in [2.45, 2.75) is 27.6 Å². The van der Waals surface area contributed by atoms with Crippen LogP contribution in [0.4, 0.5) is 0 Å². The minimum absolute atomic E-state index is 0.534. The van der Waals surface area contributed by atoms with Crippen LogP contribution in [-0.2, 0) is 0 Å². The Bertz CT molecular complexity index is 205. The van der Waals surface area contributed by atoms with Gasteiger partial charge in [0.25, 0.3) is 0 Å². The van der Waals surface area contributed by atoms with Crippen LogP contribution in [0, 0.1) is 0 Å². The van der Waals surface area contributed by atoms with Gasteiger partial charge in [-0.25, -0.2) is 0 Å². The summed E-state index contributed by atoms with van der Waals surface area (Å²) in [6.07, 6.45) is 0. The fraction of sp³-hybridized carbons (Fsp3) is 1.00. The second-order valence-corrected chi connectivity index (χ2v) is 88.1. The molecule has 0 aliphatic carbocycles. The molecule has 0 saturated carbocycles. The summed E-state index contributed by atoms with van der Waals surface area (Å²) in [7, 11) is 57.6. The van der Waals surface area contributed by atoms with E-state index in [9.17, 15) is 0 Å². The second kappa shape index (κ2) is 12.5. The topological polar surface area (TPSA) is 0 Å². The number of hydrogen-bond acceptors (Lipinski definition) is 0. The Labute approximate surface area is 174 Å². The molecule has 0 aliphatic heterocycles. The molecule has 0 spiro atoms. The van der Waals surface area contributed by atoms with Crippen LogP contribution in [0.1, 0.15) is 0 Å². The fourth-order valence-corrected chi connectivity index (χ4v) is 75.0. The predicted octanol–water partition coefficient (Wildman–Crippen LogP) is 8.38. The Hall–Kier alpha value is 6.09. The SMILES string of the molecule is [CH3][Sn]([Cl])([Cl])[CH2][CH2][Sn]([CH3])([Cl])[Cl].[Cl][Sn]([Cl])([Cl])[CH2][CH2][Sn]([Cl])([Cl])[Cl]. The maximum absolute atomic E-state index is 5.93. The molecule has 0 radical (unpaired) electrons. The van der Waals surface area contributed by atoms with E-state index in [0.29, 0.717) is 8.87 Å². The van der Waals surface area contributed by atoms with E-state index in [0.717, 1.165) is 8.87 Å². The molecular formula is C6H14Cl10Sn4. The van der Waals surface area contributed by atoms with Crippen molar-refractivity contribution < 1.29 is 0 Å². The summed E-state index contributed by atoms with van der Waals surface area (Å²) in [6.45, 7) is 0. The molecule has 0 aromatic heterocycles. The summed E-state index contributed by atoms with van der Waals surface area (Å²) in [5, 5.41) is 0. The third-order valence-corrected chi connectivity index (χ3v) is 33.6. The molecule has 0 nitrogen and oxygen atoms in total. The van der Waals surface area contributed by atoms with Gasteiger partial charge in [-0.3, -0.25) is 0 Å². The van der Waals surface area contributed by atoms with Crippen molar-refractivity contribution >= 4 is 151 Å². The second-order valence-electron chi connectivity index (χ2n) is 4.37. The number of halogens is 10. The Morgan fingerprint density at radius 3 is 0.750 bits per heavy atom. The zero-order valence-electron chi connectivity index (χ0n) is 10.6. The summed E-state index contributed by atoms with van der Waals surface area (Å²) in [6, 6.07) is 0. The van der Waals surface area contributed by atoms with E-state index in [-0.39, 0.29) is 0 Å². The molecule has 14 heteroatoms. The fourth-order valence-electron chi connectivity index (χ4n) is 0.722. The summed E-state index contributed by atoms with van der Waals surface area (Å²) in [5.41, 5.74) is 0. The zero-order valence-corrected chi connectivity index (χ0v) is 29.6. The quantitative estimate of drug-likeness (QED) is 0.235. The van der Waals surface area contributed by atoms with Gasteiger partial charge >= 0.3 is 179 Å². The van der Waals surface area contributed by atoms with Crippen molar-refractivity contribution in [2.75, 3.05) is 0 Å². The molecule has 0 atom stereocenters. The molecule has 0 aromatic carbocycles. The van der Waals surface area contributed by atoms with Gasteiger partial charge in [-0.2, -0.15) is 0 Å². The Morgan fingerprint density at radius 2 is 0.650 bits per heavy atom. The van der Waals surface area contributed by atoms with Gasteiger partial charge in [-0.1, -0.05) is 0 Å². The molecule has 0 unspecified atom stereocenters. The molecule has 0 rings (SSSR count). The molecule has 0 N–H and O–H groups in total. The van der Waals surface area contributed by atoms with E-state index in [1.54, 1.807) is 0 Å². The van der Waals surface area contributed by atoms with E-state index in [1.165, 1.54) is 0 Å². The van der Waals surface area contributed by atoms with Crippen molar-refractivity contribution in [3.8, 4) is 0 Å². The van der Waals surface area contributed by atoms with Crippen molar-refractivity contribution in [3.63, 3.8) is 0 Å². The summed E-state index contributed by atoms with van der Waals surface area (Å²) in [5.74, 6) is 0. The third kappa shape index (κ3) is 31.8. The van der Waals surface area contributed by atoms with Crippen LogP contribution in [-0.4, -0.2) is 62.2 Å². The van der Waals surface area contributed by atoms with E-state index < -0.39 is 62.2 Å². The molecule has 20 heavy (non-hydrogen) atoms. The molecule has 124 valence electrons. The molecular weight excluding hydrogens is 901 g/mol. The van der Waals surface area contributed by atoms with Crippen LogP contribution >= 0.6 is 89.2 Å². The normalized spacial score (nSPS) is 13.8. The molecule has 0 amide bonds. The van der Waals surface area contributed by atoms with Gasteiger partial charge in [0, 0.05) is 0 Å². The predicted molar refractivity (Wildman–Crippen MR) is 113 cm³/mol. The van der Waals surface area contributed by atoms with Crippen LogP contribution < -0.4 is 0 Å². The Morgan fingerprint density at radius 1 is 0.450 bits per heavy atom. The van der Waals surface area contributed by atoms with Gasteiger partial charge in [-0.15, -0.1) is 0 Å². The van der Waals surface area contributed by atoms with Gasteiger partial charge in [0.15, 0.2) is 0 Å². The van der Waals surface area contributed by atoms with Gasteiger partial charge in [-0.05, 0) is 0 Å². The maximum atomic E-state index is 5.93. The Kier molecular flexibility index (Phi) is 17.7. The summed E-state index contributed by atoms with van der Waals surface area (Å²) < 4.78 is 2.87. The van der Waals surface area contributed by atoms with Crippen LogP contribution in [0.2, 0.25) is 27.6 Å². The molecule has 0 fully saturated rings. The van der Waals surface area contributed by atoms with E-state index in [4.69, 9.17) is 89.2 Å². The van der Waals surface area contributed by atoms with Crippen molar-refractivity contribution in [1.82, 2.24) is 0 Å². The standard InChI is InChI=1S/2C2H4.2CH3.10ClH.4Sn/c2*1-2;;;;;;;;;;;;;;;;/h2*1-2H2;2*1H3;10*1H;;;;/q;;;;;;;;;;;;;;2*+2;2*+3/p-10.